The summed E-state index contributed by atoms with van der Waals surface area (Å²) in [7, 11) is 0. The molecule has 1 rings (SSSR count). The summed E-state index contributed by atoms with van der Waals surface area (Å²) in [4.78, 5) is 0. The fourth-order valence-corrected chi connectivity index (χ4v) is 2.60. The van der Waals surface area contributed by atoms with Gasteiger partial charge >= 0.3 is 0 Å². The summed E-state index contributed by atoms with van der Waals surface area (Å²) in [6.45, 7) is 4.39. The van der Waals surface area contributed by atoms with Crippen molar-refractivity contribution in [3.05, 3.63) is 0 Å². The van der Waals surface area contributed by atoms with Crippen LogP contribution in [-0.2, 0) is 0 Å². The zero-order valence-electron chi connectivity index (χ0n) is 8.92. The molecule has 0 heterocycles. The molecule has 1 unspecified atom stereocenters. The highest BCUT2D eigenvalue weighted by atomic mass is 16.3. The number of hydrogen-bond acceptors (Lipinski definition) is 2. The van der Waals surface area contributed by atoms with Crippen LogP contribution >= 0.6 is 0 Å². The molecule has 0 spiro atoms. The minimum absolute atomic E-state index is 0.0660. The van der Waals surface area contributed by atoms with Gasteiger partial charge in [-0.05, 0) is 43.9 Å². The van der Waals surface area contributed by atoms with E-state index in [-0.39, 0.29) is 6.10 Å². The first kappa shape index (κ1) is 11.0. The Kier molecular flexibility index (Phi) is 3.74. The van der Waals surface area contributed by atoms with Crippen molar-refractivity contribution in [1.82, 2.24) is 0 Å². The van der Waals surface area contributed by atoms with Gasteiger partial charge in [0.1, 0.15) is 0 Å². The van der Waals surface area contributed by atoms with Crippen molar-refractivity contribution in [3.63, 3.8) is 0 Å². The second kappa shape index (κ2) is 4.43. The Morgan fingerprint density at radius 2 is 1.92 bits per heavy atom. The Bertz CT molecular complexity index is 150. The number of aliphatic hydroxyl groups excluding tert-OH is 1. The Hall–Kier alpha value is -0.0800. The number of hydrogen-bond donors (Lipinski definition) is 2. The van der Waals surface area contributed by atoms with Crippen molar-refractivity contribution < 1.29 is 5.11 Å². The second-order valence-electron chi connectivity index (χ2n) is 4.46. The SMILES string of the molecule is CCC(N)C1(CC)CCC(O)CC1. The van der Waals surface area contributed by atoms with Gasteiger partial charge in [-0.15, -0.1) is 0 Å². The standard InChI is InChI=1S/C11H23NO/c1-3-10(12)11(4-2)7-5-9(13)6-8-11/h9-10,13H,3-8,12H2,1-2H3. The topological polar surface area (TPSA) is 46.2 Å². The fourth-order valence-electron chi connectivity index (χ4n) is 2.60. The minimum Gasteiger partial charge on any atom is -0.393 e. The lowest BCUT2D eigenvalue weighted by atomic mass is 9.66. The van der Waals surface area contributed by atoms with E-state index < -0.39 is 0 Å². The number of rotatable bonds is 3. The van der Waals surface area contributed by atoms with Gasteiger partial charge in [-0.2, -0.15) is 0 Å². The van der Waals surface area contributed by atoms with Crippen LogP contribution < -0.4 is 5.73 Å². The summed E-state index contributed by atoms with van der Waals surface area (Å²) in [5.41, 5.74) is 6.48. The van der Waals surface area contributed by atoms with E-state index in [0.29, 0.717) is 11.5 Å². The maximum atomic E-state index is 9.45. The van der Waals surface area contributed by atoms with E-state index >= 15 is 0 Å². The Balaban J connectivity index is 2.60. The molecular formula is C11H23NO. The molecule has 2 nitrogen and oxygen atoms in total. The Morgan fingerprint density at radius 1 is 1.38 bits per heavy atom. The molecule has 1 aliphatic rings. The molecule has 0 aromatic rings. The van der Waals surface area contributed by atoms with Crippen molar-refractivity contribution >= 4 is 0 Å². The molecule has 0 radical (unpaired) electrons. The summed E-state index contributed by atoms with van der Waals surface area (Å²) >= 11 is 0. The molecule has 3 N–H and O–H groups in total. The lowest BCUT2D eigenvalue weighted by Crippen LogP contribution is -2.44. The highest BCUT2D eigenvalue weighted by Crippen LogP contribution is 2.42. The lowest BCUT2D eigenvalue weighted by molar-refractivity contribution is 0.0435. The molecule has 2 heteroatoms. The molecule has 13 heavy (non-hydrogen) atoms. The van der Waals surface area contributed by atoms with Gasteiger partial charge in [0.2, 0.25) is 0 Å². The molecule has 1 fully saturated rings. The Labute approximate surface area is 81.5 Å². The number of aliphatic hydroxyl groups is 1. The maximum Gasteiger partial charge on any atom is 0.0540 e. The maximum absolute atomic E-state index is 9.45. The molecule has 78 valence electrons. The van der Waals surface area contributed by atoms with E-state index in [1.807, 2.05) is 0 Å². The number of nitrogens with two attached hydrogens (primary N) is 1. The largest absolute Gasteiger partial charge is 0.393 e. The summed E-state index contributed by atoms with van der Waals surface area (Å²) < 4.78 is 0. The summed E-state index contributed by atoms with van der Waals surface area (Å²) in [6, 6.07) is 0.324. The van der Waals surface area contributed by atoms with Crippen LogP contribution in [0.3, 0.4) is 0 Å². The average molecular weight is 185 g/mol. The zero-order chi connectivity index (χ0) is 9.90. The summed E-state index contributed by atoms with van der Waals surface area (Å²) in [5.74, 6) is 0. The van der Waals surface area contributed by atoms with Gasteiger partial charge in [0, 0.05) is 6.04 Å². The van der Waals surface area contributed by atoms with E-state index in [1.54, 1.807) is 0 Å². The first-order valence-electron chi connectivity index (χ1n) is 5.58. The Morgan fingerprint density at radius 3 is 2.31 bits per heavy atom. The summed E-state index contributed by atoms with van der Waals surface area (Å²) in [6.07, 6.45) is 6.27. The molecule has 0 saturated heterocycles. The molecule has 0 aromatic heterocycles. The van der Waals surface area contributed by atoms with E-state index in [0.717, 1.165) is 38.5 Å². The van der Waals surface area contributed by atoms with Gasteiger partial charge in [-0.1, -0.05) is 13.8 Å². The van der Waals surface area contributed by atoms with Gasteiger partial charge < -0.3 is 10.8 Å². The molecule has 0 aliphatic heterocycles. The predicted octanol–water partition coefficient (Wildman–Crippen LogP) is 2.05. The third-order valence-corrected chi connectivity index (χ3v) is 3.88. The monoisotopic (exact) mass is 185 g/mol. The summed E-state index contributed by atoms with van der Waals surface area (Å²) in [5, 5.41) is 9.45. The molecular weight excluding hydrogens is 162 g/mol. The lowest BCUT2D eigenvalue weighted by Gasteiger charge is -2.42. The highest BCUT2D eigenvalue weighted by molar-refractivity contribution is 4.91. The molecule has 0 amide bonds. The van der Waals surface area contributed by atoms with Crippen molar-refractivity contribution in [3.8, 4) is 0 Å². The quantitative estimate of drug-likeness (QED) is 0.707. The van der Waals surface area contributed by atoms with E-state index in [9.17, 15) is 5.11 Å². The van der Waals surface area contributed by atoms with Gasteiger partial charge in [-0.25, -0.2) is 0 Å². The third kappa shape index (κ3) is 2.23. The first-order chi connectivity index (χ1) is 6.14. The van der Waals surface area contributed by atoms with Gasteiger partial charge in [0.15, 0.2) is 0 Å². The van der Waals surface area contributed by atoms with Crippen LogP contribution in [0.5, 0.6) is 0 Å². The minimum atomic E-state index is -0.0660. The van der Waals surface area contributed by atoms with Crippen LogP contribution in [0.2, 0.25) is 0 Å². The third-order valence-electron chi connectivity index (χ3n) is 3.88. The molecule has 0 bridgehead atoms. The van der Waals surface area contributed by atoms with Crippen molar-refractivity contribution in [2.75, 3.05) is 0 Å². The predicted molar refractivity (Wildman–Crippen MR) is 55.5 cm³/mol. The second-order valence-corrected chi connectivity index (χ2v) is 4.46. The van der Waals surface area contributed by atoms with Crippen molar-refractivity contribution in [2.45, 2.75) is 64.5 Å². The molecule has 1 saturated carbocycles. The van der Waals surface area contributed by atoms with Crippen LogP contribution in [0.1, 0.15) is 52.4 Å². The van der Waals surface area contributed by atoms with E-state index in [1.165, 1.54) is 0 Å². The first-order valence-corrected chi connectivity index (χ1v) is 5.58. The van der Waals surface area contributed by atoms with Crippen LogP contribution in [0.4, 0.5) is 0 Å². The van der Waals surface area contributed by atoms with E-state index in [4.69, 9.17) is 5.73 Å². The molecule has 0 aromatic carbocycles. The van der Waals surface area contributed by atoms with Crippen LogP contribution in [0, 0.1) is 5.41 Å². The zero-order valence-corrected chi connectivity index (χ0v) is 8.92. The van der Waals surface area contributed by atoms with Gasteiger partial charge in [-0.3, -0.25) is 0 Å². The highest BCUT2D eigenvalue weighted by Gasteiger charge is 2.37. The van der Waals surface area contributed by atoms with Crippen LogP contribution in [0.25, 0.3) is 0 Å². The van der Waals surface area contributed by atoms with Crippen LogP contribution in [0.15, 0.2) is 0 Å². The molecule has 1 atom stereocenters. The average Bonchev–Trinajstić information content (AvgIpc) is 2.18. The van der Waals surface area contributed by atoms with Crippen molar-refractivity contribution in [1.29, 1.82) is 0 Å². The fraction of sp³-hybridized carbons (Fsp3) is 1.00. The van der Waals surface area contributed by atoms with Gasteiger partial charge in [0.25, 0.3) is 0 Å². The normalized spacial score (nSPS) is 37.4. The van der Waals surface area contributed by atoms with Crippen molar-refractivity contribution in [2.24, 2.45) is 11.1 Å². The van der Waals surface area contributed by atoms with E-state index in [2.05, 4.69) is 13.8 Å². The van der Waals surface area contributed by atoms with Gasteiger partial charge in [0.05, 0.1) is 6.10 Å². The smallest absolute Gasteiger partial charge is 0.0540 e. The van der Waals surface area contributed by atoms with Crippen LogP contribution in [-0.4, -0.2) is 17.3 Å². The molecule has 1 aliphatic carbocycles.